The lowest BCUT2D eigenvalue weighted by molar-refractivity contribution is 0.181. The fraction of sp³-hybridized carbons (Fsp3) is 0.179. The summed E-state index contributed by atoms with van der Waals surface area (Å²) in [7, 11) is 0. The van der Waals surface area contributed by atoms with E-state index in [4.69, 9.17) is 4.74 Å². The molecule has 1 amide bonds. The molecule has 0 bridgehead atoms. The number of nitrogens with zero attached hydrogens (tertiary/aromatic N) is 3. The Hall–Kier alpha value is -4.19. The standard InChI is InChI=1S/C15H16N4O2.C13H12/c1-11(12-5-3-2-4-6-12)17-14-16-8-7-13(18-14)19-9-10-21-15(19)20;1-3-7-12(8-4-1)11-13-9-5-2-6-10-13/h2-8,11H,9-10H2,1H3,(H,16,17,18);1-10H,11H2/t11-;/m1./s1. The van der Waals surface area contributed by atoms with Crippen molar-refractivity contribution in [2.24, 2.45) is 0 Å². The van der Waals surface area contributed by atoms with E-state index in [1.54, 1.807) is 12.3 Å². The molecule has 172 valence electrons. The molecule has 1 N–H and O–H groups in total. The van der Waals surface area contributed by atoms with Crippen LogP contribution in [0.15, 0.2) is 103 Å². The maximum absolute atomic E-state index is 11.6. The highest BCUT2D eigenvalue weighted by molar-refractivity contribution is 5.88. The molecule has 0 spiro atoms. The highest BCUT2D eigenvalue weighted by Gasteiger charge is 2.25. The van der Waals surface area contributed by atoms with E-state index in [0.717, 1.165) is 12.0 Å². The number of nitrogens with one attached hydrogen (secondary N) is 1. The van der Waals surface area contributed by atoms with Gasteiger partial charge in [-0.15, -0.1) is 0 Å². The van der Waals surface area contributed by atoms with E-state index in [2.05, 4.69) is 75.9 Å². The van der Waals surface area contributed by atoms with E-state index in [1.165, 1.54) is 16.0 Å². The van der Waals surface area contributed by atoms with E-state index >= 15 is 0 Å². The fourth-order valence-electron chi connectivity index (χ4n) is 3.62. The molecule has 1 aliphatic heterocycles. The van der Waals surface area contributed by atoms with Crippen LogP contribution in [0.3, 0.4) is 0 Å². The summed E-state index contributed by atoms with van der Waals surface area (Å²) in [6, 6.07) is 32.9. The minimum atomic E-state index is -0.365. The van der Waals surface area contributed by atoms with Crippen molar-refractivity contribution in [2.75, 3.05) is 23.4 Å². The van der Waals surface area contributed by atoms with Gasteiger partial charge in [-0.05, 0) is 36.1 Å². The molecule has 0 aliphatic carbocycles. The van der Waals surface area contributed by atoms with Crippen molar-refractivity contribution >= 4 is 17.9 Å². The van der Waals surface area contributed by atoms with Crippen molar-refractivity contribution in [2.45, 2.75) is 19.4 Å². The van der Waals surface area contributed by atoms with Gasteiger partial charge in [0.1, 0.15) is 12.4 Å². The zero-order valence-corrected chi connectivity index (χ0v) is 19.2. The number of benzene rings is 3. The largest absolute Gasteiger partial charge is 0.447 e. The van der Waals surface area contributed by atoms with Crippen molar-refractivity contribution in [3.63, 3.8) is 0 Å². The number of anilines is 2. The summed E-state index contributed by atoms with van der Waals surface area (Å²) < 4.78 is 4.92. The number of amides is 1. The summed E-state index contributed by atoms with van der Waals surface area (Å²) in [5.41, 5.74) is 3.88. The highest BCUT2D eigenvalue weighted by atomic mass is 16.6. The van der Waals surface area contributed by atoms with E-state index in [9.17, 15) is 4.79 Å². The van der Waals surface area contributed by atoms with Gasteiger partial charge in [0.25, 0.3) is 0 Å². The number of carbonyl (C=O) groups excluding carboxylic acids is 1. The summed E-state index contributed by atoms with van der Waals surface area (Å²) >= 11 is 0. The molecule has 6 nitrogen and oxygen atoms in total. The first-order valence-electron chi connectivity index (χ1n) is 11.4. The van der Waals surface area contributed by atoms with Crippen LogP contribution in [0.25, 0.3) is 0 Å². The SMILES string of the molecule is C[C@@H](Nc1nccc(N2CCOC2=O)n1)c1ccccc1.c1ccc(Cc2ccccc2)cc1. The van der Waals surface area contributed by atoms with Crippen LogP contribution in [0, 0.1) is 0 Å². The first kappa shape index (κ1) is 23.0. The van der Waals surface area contributed by atoms with E-state index in [-0.39, 0.29) is 12.1 Å². The predicted octanol–water partition coefficient (Wildman–Crippen LogP) is 5.88. The topological polar surface area (TPSA) is 67.3 Å². The Morgan fingerprint density at radius 2 is 1.47 bits per heavy atom. The number of carbonyl (C=O) groups is 1. The zero-order chi connectivity index (χ0) is 23.6. The molecule has 0 radical (unpaired) electrons. The molecule has 1 aromatic heterocycles. The van der Waals surface area contributed by atoms with Gasteiger partial charge in [0.15, 0.2) is 0 Å². The Morgan fingerprint density at radius 3 is 2.03 bits per heavy atom. The molecule has 1 atom stereocenters. The van der Waals surface area contributed by atoms with Crippen LogP contribution in [0.4, 0.5) is 16.6 Å². The summed E-state index contributed by atoms with van der Waals surface area (Å²) in [4.78, 5) is 21.6. The van der Waals surface area contributed by atoms with Gasteiger partial charge in [0.05, 0.1) is 12.6 Å². The molecule has 34 heavy (non-hydrogen) atoms. The third kappa shape index (κ3) is 6.42. The molecule has 0 unspecified atom stereocenters. The van der Waals surface area contributed by atoms with Gasteiger partial charge in [-0.2, -0.15) is 4.98 Å². The van der Waals surface area contributed by atoms with Gasteiger partial charge in [0, 0.05) is 6.20 Å². The number of aromatic nitrogens is 2. The van der Waals surface area contributed by atoms with Crippen LogP contribution in [0.1, 0.15) is 29.7 Å². The lowest BCUT2D eigenvalue weighted by Crippen LogP contribution is -2.25. The summed E-state index contributed by atoms with van der Waals surface area (Å²) in [5, 5.41) is 3.24. The molecule has 0 saturated carbocycles. The minimum absolute atomic E-state index is 0.0759. The van der Waals surface area contributed by atoms with Crippen LogP contribution in [-0.4, -0.2) is 29.2 Å². The zero-order valence-electron chi connectivity index (χ0n) is 19.2. The minimum Gasteiger partial charge on any atom is -0.447 e. The summed E-state index contributed by atoms with van der Waals surface area (Å²) in [5.74, 6) is 1.04. The molecular weight excluding hydrogens is 424 g/mol. The average Bonchev–Trinajstić information content (AvgIpc) is 3.32. The molecule has 2 heterocycles. The number of cyclic esters (lactones) is 1. The molecule has 1 saturated heterocycles. The van der Waals surface area contributed by atoms with Crippen molar-refractivity contribution in [1.82, 2.24) is 9.97 Å². The summed E-state index contributed by atoms with van der Waals surface area (Å²) in [6.45, 7) is 2.95. The second-order valence-corrected chi connectivity index (χ2v) is 7.93. The van der Waals surface area contributed by atoms with E-state index in [1.807, 2.05) is 37.3 Å². The third-order valence-electron chi connectivity index (χ3n) is 5.42. The van der Waals surface area contributed by atoms with Gasteiger partial charge in [0.2, 0.25) is 5.95 Å². The first-order chi connectivity index (χ1) is 16.7. The van der Waals surface area contributed by atoms with Crippen molar-refractivity contribution in [1.29, 1.82) is 0 Å². The number of ether oxygens (including phenoxy) is 1. The van der Waals surface area contributed by atoms with Crippen LogP contribution in [-0.2, 0) is 11.2 Å². The Kier molecular flexibility index (Phi) is 7.85. The van der Waals surface area contributed by atoms with Gasteiger partial charge < -0.3 is 10.1 Å². The predicted molar refractivity (Wildman–Crippen MR) is 135 cm³/mol. The second kappa shape index (κ2) is 11.6. The summed E-state index contributed by atoms with van der Waals surface area (Å²) in [6.07, 6.45) is 2.30. The van der Waals surface area contributed by atoms with Crippen molar-refractivity contribution < 1.29 is 9.53 Å². The monoisotopic (exact) mass is 452 g/mol. The molecule has 1 aliphatic rings. The smallest absolute Gasteiger partial charge is 0.415 e. The Balaban J connectivity index is 0.000000180. The van der Waals surface area contributed by atoms with Crippen LogP contribution < -0.4 is 10.2 Å². The number of hydrogen-bond donors (Lipinski definition) is 1. The normalized spacial score (nSPS) is 13.4. The van der Waals surface area contributed by atoms with Crippen molar-refractivity contribution in [3.05, 3.63) is 120 Å². The molecular formula is C28H28N4O2. The van der Waals surface area contributed by atoms with E-state index < -0.39 is 0 Å². The Labute approximate surface area is 200 Å². The second-order valence-electron chi connectivity index (χ2n) is 7.93. The fourth-order valence-corrected chi connectivity index (χ4v) is 3.62. The quantitative estimate of drug-likeness (QED) is 0.395. The molecule has 3 aromatic carbocycles. The van der Waals surface area contributed by atoms with E-state index in [0.29, 0.717) is 24.9 Å². The van der Waals surface area contributed by atoms with Gasteiger partial charge in [-0.3, -0.25) is 4.90 Å². The van der Waals surface area contributed by atoms with Crippen LogP contribution >= 0.6 is 0 Å². The number of rotatable bonds is 6. The molecule has 6 heteroatoms. The van der Waals surface area contributed by atoms with Crippen LogP contribution in [0.5, 0.6) is 0 Å². The third-order valence-corrected chi connectivity index (χ3v) is 5.42. The maximum atomic E-state index is 11.6. The Bertz CT molecular complexity index is 1130. The number of hydrogen-bond acceptors (Lipinski definition) is 5. The first-order valence-corrected chi connectivity index (χ1v) is 11.4. The van der Waals surface area contributed by atoms with Crippen LogP contribution in [0.2, 0.25) is 0 Å². The maximum Gasteiger partial charge on any atom is 0.415 e. The average molecular weight is 453 g/mol. The molecule has 5 rings (SSSR count). The lowest BCUT2D eigenvalue weighted by atomic mass is 10.1. The molecule has 1 fully saturated rings. The van der Waals surface area contributed by atoms with Gasteiger partial charge in [-0.25, -0.2) is 9.78 Å². The van der Waals surface area contributed by atoms with Gasteiger partial charge in [-0.1, -0.05) is 91.0 Å². The Morgan fingerprint density at radius 1 is 0.882 bits per heavy atom. The lowest BCUT2D eigenvalue weighted by Gasteiger charge is -2.16. The highest BCUT2D eigenvalue weighted by Crippen LogP contribution is 2.20. The van der Waals surface area contributed by atoms with Gasteiger partial charge >= 0.3 is 6.09 Å². The molecule has 4 aromatic rings. The van der Waals surface area contributed by atoms with Crippen molar-refractivity contribution in [3.8, 4) is 0 Å².